The van der Waals surface area contributed by atoms with Gasteiger partial charge in [0.2, 0.25) is 5.89 Å². The summed E-state index contributed by atoms with van der Waals surface area (Å²) >= 11 is 0. The molecular weight excluding hydrogens is 325 g/mol. The van der Waals surface area contributed by atoms with Gasteiger partial charge in [-0.3, -0.25) is 4.90 Å². The van der Waals surface area contributed by atoms with Gasteiger partial charge in [-0.2, -0.15) is 18.2 Å². The van der Waals surface area contributed by atoms with Crippen LogP contribution in [0.25, 0.3) is 0 Å². The van der Waals surface area contributed by atoms with Gasteiger partial charge in [-0.05, 0) is 20.8 Å². The maximum Gasteiger partial charge on any atom is 0.393 e. The fraction of sp³-hybridized carbons (Fsp3) is 0.667. The molecule has 0 saturated carbocycles. The van der Waals surface area contributed by atoms with Crippen molar-refractivity contribution in [2.24, 2.45) is 5.92 Å². The molecule has 3 heterocycles. The van der Waals surface area contributed by atoms with E-state index in [1.54, 1.807) is 11.0 Å². The number of hydrogen-bond donors (Lipinski definition) is 0. The molecule has 3 rings (SSSR count). The fourth-order valence-corrected chi connectivity index (χ4v) is 2.91. The Morgan fingerprint density at radius 1 is 1.21 bits per heavy atom. The summed E-state index contributed by atoms with van der Waals surface area (Å²) in [7, 11) is 0. The van der Waals surface area contributed by atoms with Crippen LogP contribution in [0, 0.1) is 5.92 Å². The third-order valence-electron chi connectivity index (χ3n) is 4.32. The molecular formula is C15H19F3N4O2. The summed E-state index contributed by atoms with van der Waals surface area (Å²) < 4.78 is 50.1. The number of rotatable bonds is 3. The van der Waals surface area contributed by atoms with Crippen LogP contribution in [0.5, 0.6) is 0 Å². The maximum atomic E-state index is 13.4. The summed E-state index contributed by atoms with van der Waals surface area (Å²) in [6.07, 6.45) is -2.65. The zero-order valence-corrected chi connectivity index (χ0v) is 13.7. The van der Waals surface area contributed by atoms with E-state index >= 15 is 0 Å². The van der Waals surface area contributed by atoms with Crippen LogP contribution < -0.4 is 0 Å². The predicted octanol–water partition coefficient (Wildman–Crippen LogP) is 3.02. The van der Waals surface area contributed by atoms with Crippen LogP contribution >= 0.6 is 0 Å². The molecule has 1 aliphatic heterocycles. The molecule has 1 aliphatic rings. The lowest BCUT2D eigenvalue weighted by atomic mass is 9.95. The maximum absolute atomic E-state index is 13.4. The second-order valence-electron chi connectivity index (χ2n) is 7.05. The highest BCUT2D eigenvalue weighted by Gasteiger charge is 2.53. The highest BCUT2D eigenvalue weighted by atomic mass is 19.4. The summed E-state index contributed by atoms with van der Waals surface area (Å²) in [5.41, 5.74) is 0.236. The number of alkyl halides is 3. The molecule has 0 unspecified atom stereocenters. The lowest BCUT2D eigenvalue weighted by Gasteiger charge is -2.31. The van der Waals surface area contributed by atoms with Crippen LogP contribution in [0.3, 0.4) is 0 Å². The van der Waals surface area contributed by atoms with Gasteiger partial charge in [-0.15, -0.1) is 0 Å². The second kappa shape index (κ2) is 5.87. The molecule has 0 aromatic carbocycles. The number of hydrogen-bond acceptors (Lipinski definition) is 6. The van der Waals surface area contributed by atoms with Gasteiger partial charge in [-0.1, -0.05) is 10.3 Å². The molecule has 0 radical (unpaired) electrons. The molecule has 2 aromatic heterocycles. The molecule has 0 N–H and O–H groups in total. The standard InChI is InChI=1S/C15H19F3N4O2/c1-14(2,3)22-7-10(11(8-22)15(16,17)18)13-19-12(21-24-13)6-9-4-5-23-20-9/h4-5,10-11H,6-8H2,1-3H3/t10-,11-/m1/s1. The minimum Gasteiger partial charge on any atom is -0.364 e. The van der Waals surface area contributed by atoms with Crippen LogP contribution in [0.15, 0.2) is 21.4 Å². The average molecular weight is 344 g/mol. The van der Waals surface area contributed by atoms with Crippen molar-refractivity contribution < 1.29 is 22.2 Å². The molecule has 1 saturated heterocycles. The van der Waals surface area contributed by atoms with Crippen LogP contribution in [0.2, 0.25) is 0 Å². The van der Waals surface area contributed by atoms with Crippen molar-refractivity contribution in [1.29, 1.82) is 0 Å². The molecule has 1 fully saturated rings. The van der Waals surface area contributed by atoms with Crippen molar-refractivity contribution in [3.8, 4) is 0 Å². The van der Waals surface area contributed by atoms with Crippen molar-refractivity contribution in [2.75, 3.05) is 13.1 Å². The molecule has 0 amide bonds. The van der Waals surface area contributed by atoms with E-state index in [1.807, 2.05) is 20.8 Å². The number of aromatic nitrogens is 3. The van der Waals surface area contributed by atoms with Gasteiger partial charge in [-0.25, -0.2) is 0 Å². The topological polar surface area (TPSA) is 68.2 Å². The Labute approximate surface area is 137 Å². The molecule has 2 atom stereocenters. The molecule has 0 aliphatic carbocycles. The van der Waals surface area contributed by atoms with E-state index < -0.39 is 18.0 Å². The summed E-state index contributed by atoms with van der Waals surface area (Å²) in [5, 5.41) is 7.52. The summed E-state index contributed by atoms with van der Waals surface area (Å²) in [5.74, 6) is -2.04. The third-order valence-corrected chi connectivity index (χ3v) is 4.32. The van der Waals surface area contributed by atoms with E-state index in [2.05, 4.69) is 15.3 Å². The Bertz CT molecular complexity index is 676. The van der Waals surface area contributed by atoms with E-state index in [9.17, 15) is 13.2 Å². The Morgan fingerprint density at radius 2 is 1.96 bits per heavy atom. The fourth-order valence-electron chi connectivity index (χ4n) is 2.91. The largest absolute Gasteiger partial charge is 0.393 e. The Balaban J connectivity index is 1.82. The number of likely N-dealkylation sites (tertiary alicyclic amines) is 1. The van der Waals surface area contributed by atoms with Crippen molar-refractivity contribution in [1.82, 2.24) is 20.2 Å². The first kappa shape index (κ1) is 16.9. The molecule has 24 heavy (non-hydrogen) atoms. The van der Waals surface area contributed by atoms with Crippen LogP contribution in [0.1, 0.15) is 44.1 Å². The van der Waals surface area contributed by atoms with Crippen molar-refractivity contribution in [3.63, 3.8) is 0 Å². The van der Waals surface area contributed by atoms with Gasteiger partial charge in [0.05, 0.1) is 24.0 Å². The monoisotopic (exact) mass is 344 g/mol. The molecule has 2 aromatic rings. The highest BCUT2D eigenvalue weighted by molar-refractivity contribution is 5.09. The molecule has 0 spiro atoms. The smallest absolute Gasteiger partial charge is 0.364 e. The lowest BCUT2D eigenvalue weighted by molar-refractivity contribution is -0.176. The van der Waals surface area contributed by atoms with Gasteiger partial charge >= 0.3 is 6.18 Å². The van der Waals surface area contributed by atoms with E-state index in [-0.39, 0.29) is 30.9 Å². The van der Waals surface area contributed by atoms with Gasteiger partial charge < -0.3 is 9.05 Å². The first-order chi connectivity index (χ1) is 11.1. The van der Waals surface area contributed by atoms with Gasteiger partial charge in [0.1, 0.15) is 6.26 Å². The molecule has 132 valence electrons. The minimum absolute atomic E-state index is 0.0302. The predicted molar refractivity (Wildman–Crippen MR) is 77.2 cm³/mol. The van der Waals surface area contributed by atoms with Gasteiger partial charge in [0.15, 0.2) is 5.82 Å². The van der Waals surface area contributed by atoms with E-state index in [0.29, 0.717) is 11.5 Å². The molecule has 9 heteroatoms. The highest BCUT2D eigenvalue weighted by Crippen LogP contribution is 2.44. The lowest BCUT2D eigenvalue weighted by Crippen LogP contribution is -2.40. The average Bonchev–Trinajstić information content (AvgIpc) is 3.16. The summed E-state index contributed by atoms with van der Waals surface area (Å²) in [6.45, 7) is 5.85. The number of nitrogens with zero attached hydrogens (tertiary/aromatic N) is 4. The zero-order valence-electron chi connectivity index (χ0n) is 13.7. The van der Waals surface area contributed by atoms with Crippen molar-refractivity contribution in [3.05, 3.63) is 29.7 Å². The van der Waals surface area contributed by atoms with Crippen LogP contribution in [-0.2, 0) is 6.42 Å². The summed E-state index contributed by atoms with van der Waals surface area (Å²) in [6, 6.07) is 1.64. The summed E-state index contributed by atoms with van der Waals surface area (Å²) in [4.78, 5) is 5.96. The van der Waals surface area contributed by atoms with Crippen molar-refractivity contribution in [2.45, 2.75) is 44.8 Å². The minimum atomic E-state index is -4.31. The van der Waals surface area contributed by atoms with Crippen molar-refractivity contribution >= 4 is 0 Å². The zero-order chi connectivity index (χ0) is 17.5. The quantitative estimate of drug-likeness (QED) is 0.853. The molecule has 6 nitrogen and oxygen atoms in total. The third kappa shape index (κ3) is 3.45. The Morgan fingerprint density at radius 3 is 2.54 bits per heavy atom. The first-order valence-electron chi connectivity index (χ1n) is 7.68. The van der Waals surface area contributed by atoms with Crippen LogP contribution in [-0.4, -0.2) is 45.0 Å². The Hall–Kier alpha value is -1.90. The number of halogens is 3. The normalized spacial score (nSPS) is 23.1. The van der Waals surface area contributed by atoms with Gasteiger partial charge in [0.25, 0.3) is 0 Å². The van der Waals surface area contributed by atoms with E-state index in [0.717, 1.165) is 0 Å². The molecule has 0 bridgehead atoms. The first-order valence-corrected chi connectivity index (χ1v) is 7.68. The second-order valence-corrected chi connectivity index (χ2v) is 7.05. The van der Waals surface area contributed by atoms with Gasteiger partial charge in [0, 0.05) is 24.7 Å². The Kier molecular flexibility index (Phi) is 4.15. The van der Waals surface area contributed by atoms with E-state index in [4.69, 9.17) is 9.05 Å². The van der Waals surface area contributed by atoms with Crippen LogP contribution in [0.4, 0.5) is 13.2 Å². The SMILES string of the molecule is CC(C)(C)N1C[C@@H](C(F)(F)F)[C@H](c2nc(Cc3ccon3)no2)C1. The van der Waals surface area contributed by atoms with E-state index in [1.165, 1.54) is 6.26 Å².